The van der Waals surface area contributed by atoms with Gasteiger partial charge in [0, 0.05) is 23.6 Å². The quantitative estimate of drug-likeness (QED) is 0.790. The number of rotatable bonds is 3. The van der Waals surface area contributed by atoms with Gasteiger partial charge in [-0.15, -0.1) is 0 Å². The van der Waals surface area contributed by atoms with Crippen LogP contribution in [0.15, 0.2) is 48.5 Å². The number of nitrogens with zero attached hydrogens (tertiary/aromatic N) is 3. The molecule has 0 unspecified atom stereocenters. The molecule has 1 aromatic heterocycles. The zero-order valence-corrected chi connectivity index (χ0v) is 15.5. The van der Waals surface area contributed by atoms with Crippen molar-refractivity contribution in [2.45, 2.75) is 13.5 Å². The molecule has 0 radical (unpaired) electrons. The number of aromatic nitrogens is 1. The van der Waals surface area contributed by atoms with Crippen LogP contribution in [0.5, 0.6) is 0 Å². The van der Waals surface area contributed by atoms with Crippen LogP contribution in [-0.2, 0) is 13.6 Å². The van der Waals surface area contributed by atoms with E-state index in [0.29, 0.717) is 0 Å². The second kappa shape index (κ2) is 6.86. The van der Waals surface area contributed by atoms with E-state index in [1.165, 1.54) is 11.3 Å². The van der Waals surface area contributed by atoms with Crippen LogP contribution in [0.3, 0.4) is 0 Å². The summed E-state index contributed by atoms with van der Waals surface area (Å²) >= 11 is 0. The third-order valence-corrected chi connectivity index (χ3v) is 5.68. The second-order valence-electron chi connectivity index (χ2n) is 7.21. The molecule has 1 fully saturated rings. The summed E-state index contributed by atoms with van der Waals surface area (Å²) in [5.74, 6) is 0. The van der Waals surface area contributed by atoms with Gasteiger partial charge in [-0.1, -0.05) is 36.4 Å². The molecule has 0 aliphatic carbocycles. The molecule has 1 aliphatic heterocycles. The fourth-order valence-corrected chi connectivity index (χ4v) is 4.17. The SMILES string of the molecule is Cc1ccccc1N1CC[NH+](Cc2c(C#N)c3ccccc3n2C)CC1. The molecule has 132 valence electrons. The fraction of sp³-hybridized carbons (Fsp3) is 0.318. The minimum Gasteiger partial charge on any atom is -0.360 e. The van der Waals surface area contributed by atoms with E-state index in [2.05, 4.69) is 65.9 Å². The lowest BCUT2D eigenvalue weighted by Crippen LogP contribution is -3.13. The van der Waals surface area contributed by atoms with Crippen molar-refractivity contribution in [3.63, 3.8) is 0 Å². The van der Waals surface area contributed by atoms with Gasteiger partial charge in [-0.3, -0.25) is 0 Å². The molecule has 4 heteroatoms. The standard InChI is InChI=1S/C22H24N4/c1-17-7-3-5-9-20(17)26-13-11-25(12-14-26)16-22-19(15-23)18-8-4-6-10-21(18)24(22)2/h3-10H,11-14,16H2,1-2H3/p+1. The molecule has 1 N–H and O–H groups in total. The minimum absolute atomic E-state index is 0.844. The molecular formula is C22H25N4+. The Labute approximate surface area is 154 Å². The van der Waals surface area contributed by atoms with Crippen molar-refractivity contribution in [3.8, 4) is 6.07 Å². The maximum absolute atomic E-state index is 9.70. The van der Waals surface area contributed by atoms with E-state index in [-0.39, 0.29) is 0 Å². The predicted molar refractivity (Wildman–Crippen MR) is 105 cm³/mol. The van der Waals surface area contributed by atoms with Crippen LogP contribution < -0.4 is 9.80 Å². The Kier molecular flexibility index (Phi) is 4.40. The zero-order valence-electron chi connectivity index (χ0n) is 15.5. The Morgan fingerprint density at radius 3 is 2.46 bits per heavy atom. The largest absolute Gasteiger partial charge is 0.360 e. The molecule has 0 atom stereocenters. The highest BCUT2D eigenvalue weighted by molar-refractivity contribution is 5.87. The highest BCUT2D eigenvalue weighted by atomic mass is 15.3. The lowest BCUT2D eigenvalue weighted by atomic mass is 10.1. The van der Waals surface area contributed by atoms with Crippen LogP contribution in [0.25, 0.3) is 10.9 Å². The lowest BCUT2D eigenvalue weighted by Gasteiger charge is -2.34. The van der Waals surface area contributed by atoms with E-state index in [0.717, 1.165) is 54.9 Å². The van der Waals surface area contributed by atoms with E-state index < -0.39 is 0 Å². The number of hydrogen-bond donors (Lipinski definition) is 1. The molecule has 4 rings (SSSR count). The van der Waals surface area contributed by atoms with Gasteiger partial charge in [-0.2, -0.15) is 5.26 Å². The van der Waals surface area contributed by atoms with Crippen molar-refractivity contribution in [3.05, 3.63) is 65.4 Å². The number of para-hydroxylation sites is 2. The summed E-state index contributed by atoms with van der Waals surface area (Å²) in [7, 11) is 2.08. The van der Waals surface area contributed by atoms with E-state index in [9.17, 15) is 5.26 Å². The highest BCUT2D eigenvalue weighted by Crippen LogP contribution is 2.24. The topological polar surface area (TPSA) is 36.4 Å². The molecule has 0 saturated carbocycles. The van der Waals surface area contributed by atoms with Gasteiger partial charge >= 0.3 is 0 Å². The first-order valence-corrected chi connectivity index (χ1v) is 9.29. The Bertz CT molecular complexity index is 971. The van der Waals surface area contributed by atoms with Crippen molar-refractivity contribution < 1.29 is 4.90 Å². The molecule has 2 aromatic carbocycles. The Balaban J connectivity index is 1.52. The monoisotopic (exact) mass is 345 g/mol. The summed E-state index contributed by atoms with van der Waals surface area (Å²) in [6.07, 6.45) is 0. The van der Waals surface area contributed by atoms with Crippen molar-refractivity contribution in [2.24, 2.45) is 7.05 Å². The molecule has 0 amide bonds. The van der Waals surface area contributed by atoms with Crippen LogP contribution in [0.1, 0.15) is 16.8 Å². The Morgan fingerprint density at radius 2 is 1.73 bits per heavy atom. The Hall–Kier alpha value is -2.77. The summed E-state index contributed by atoms with van der Waals surface area (Å²) in [4.78, 5) is 4.04. The maximum atomic E-state index is 9.70. The van der Waals surface area contributed by atoms with E-state index >= 15 is 0 Å². The van der Waals surface area contributed by atoms with Crippen molar-refractivity contribution in [2.75, 3.05) is 31.1 Å². The van der Waals surface area contributed by atoms with Crippen LogP contribution in [0, 0.1) is 18.3 Å². The number of nitriles is 1. The average molecular weight is 345 g/mol. The van der Waals surface area contributed by atoms with Gasteiger partial charge in [0.2, 0.25) is 0 Å². The van der Waals surface area contributed by atoms with Gasteiger partial charge in [0.15, 0.2) is 0 Å². The predicted octanol–water partition coefficient (Wildman–Crippen LogP) is 2.26. The van der Waals surface area contributed by atoms with E-state index in [1.807, 2.05) is 12.1 Å². The normalized spacial score (nSPS) is 15.3. The summed E-state index contributed by atoms with van der Waals surface area (Å²) in [6.45, 7) is 7.42. The van der Waals surface area contributed by atoms with Crippen molar-refractivity contribution in [1.82, 2.24) is 4.57 Å². The number of piperazine rings is 1. The molecular weight excluding hydrogens is 320 g/mol. The fourth-order valence-electron chi connectivity index (χ4n) is 4.17. The number of nitrogens with one attached hydrogen (secondary N) is 1. The first-order chi connectivity index (χ1) is 12.7. The summed E-state index contributed by atoms with van der Waals surface area (Å²) < 4.78 is 2.20. The third-order valence-electron chi connectivity index (χ3n) is 5.68. The number of benzene rings is 2. The Morgan fingerprint density at radius 1 is 1.04 bits per heavy atom. The van der Waals surface area contributed by atoms with E-state index in [1.54, 1.807) is 4.90 Å². The average Bonchev–Trinajstić information content (AvgIpc) is 2.95. The number of fused-ring (bicyclic) bond motifs is 1. The first-order valence-electron chi connectivity index (χ1n) is 9.29. The van der Waals surface area contributed by atoms with Crippen LogP contribution >= 0.6 is 0 Å². The molecule has 1 saturated heterocycles. The number of hydrogen-bond acceptors (Lipinski definition) is 2. The van der Waals surface area contributed by atoms with E-state index in [4.69, 9.17) is 0 Å². The van der Waals surface area contributed by atoms with Gasteiger partial charge in [-0.25, -0.2) is 0 Å². The summed E-state index contributed by atoms with van der Waals surface area (Å²) in [5.41, 5.74) is 5.85. The van der Waals surface area contributed by atoms with Gasteiger partial charge in [-0.05, 0) is 24.6 Å². The molecule has 2 heterocycles. The van der Waals surface area contributed by atoms with Crippen molar-refractivity contribution in [1.29, 1.82) is 5.26 Å². The summed E-state index contributed by atoms with van der Waals surface area (Å²) in [6, 6.07) is 19.3. The summed E-state index contributed by atoms with van der Waals surface area (Å²) in [5, 5.41) is 10.8. The zero-order chi connectivity index (χ0) is 18.1. The van der Waals surface area contributed by atoms with Crippen LogP contribution in [-0.4, -0.2) is 30.7 Å². The lowest BCUT2D eigenvalue weighted by molar-refractivity contribution is -0.914. The van der Waals surface area contributed by atoms with Crippen LogP contribution in [0.2, 0.25) is 0 Å². The molecule has 0 bridgehead atoms. The maximum Gasteiger partial charge on any atom is 0.120 e. The molecule has 4 nitrogen and oxygen atoms in total. The van der Waals surface area contributed by atoms with Gasteiger partial charge in [0.05, 0.1) is 37.4 Å². The number of anilines is 1. The first kappa shape index (κ1) is 16.7. The van der Waals surface area contributed by atoms with Gasteiger partial charge in [0.25, 0.3) is 0 Å². The number of aryl methyl sites for hydroxylation is 2. The van der Waals surface area contributed by atoms with Crippen LogP contribution in [0.4, 0.5) is 5.69 Å². The molecule has 1 aliphatic rings. The van der Waals surface area contributed by atoms with Gasteiger partial charge < -0.3 is 14.4 Å². The minimum atomic E-state index is 0.844. The molecule has 26 heavy (non-hydrogen) atoms. The molecule has 3 aromatic rings. The second-order valence-corrected chi connectivity index (χ2v) is 7.21. The van der Waals surface area contributed by atoms with Gasteiger partial charge in [0.1, 0.15) is 12.6 Å². The van der Waals surface area contributed by atoms with Crippen molar-refractivity contribution >= 4 is 16.6 Å². The number of quaternary nitrogens is 1. The smallest absolute Gasteiger partial charge is 0.120 e. The molecule has 0 spiro atoms. The third kappa shape index (κ3) is 2.85. The highest BCUT2D eigenvalue weighted by Gasteiger charge is 2.24.